The molecule has 0 aromatic carbocycles. The molecule has 1 unspecified atom stereocenters. The Balaban J connectivity index is 2.56. The maximum Gasteiger partial charge on any atom is 0.265 e. The van der Waals surface area contributed by atoms with Gasteiger partial charge in [0.25, 0.3) is 5.91 Å². The number of nitrogens with zero attached hydrogens (tertiary/aromatic N) is 1. The zero-order valence-electron chi connectivity index (χ0n) is 7.67. The maximum atomic E-state index is 11.6. The number of hydrogen-bond donors (Lipinski definition) is 1. The SMILES string of the molecule is CCC(C)(N)C(=O)N1CCCO1. The van der Waals surface area contributed by atoms with E-state index in [0.717, 1.165) is 6.42 Å². The van der Waals surface area contributed by atoms with Crippen molar-refractivity contribution in [2.45, 2.75) is 32.2 Å². The summed E-state index contributed by atoms with van der Waals surface area (Å²) < 4.78 is 0. The molecule has 0 spiro atoms. The van der Waals surface area contributed by atoms with Gasteiger partial charge in [-0.3, -0.25) is 9.63 Å². The molecule has 4 nitrogen and oxygen atoms in total. The molecular weight excluding hydrogens is 156 g/mol. The van der Waals surface area contributed by atoms with Crippen molar-refractivity contribution in [3.8, 4) is 0 Å². The van der Waals surface area contributed by atoms with Crippen LogP contribution in [-0.4, -0.2) is 29.7 Å². The molecule has 0 bridgehead atoms. The van der Waals surface area contributed by atoms with Crippen LogP contribution in [0.4, 0.5) is 0 Å². The lowest BCUT2D eigenvalue weighted by Gasteiger charge is -2.26. The topological polar surface area (TPSA) is 55.6 Å². The summed E-state index contributed by atoms with van der Waals surface area (Å²) in [7, 11) is 0. The molecule has 0 aromatic heterocycles. The summed E-state index contributed by atoms with van der Waals surface area (Å²) in [6.45, 7) is 4.93. The average Bonchev–Trinajstić information content (AvgIpc) is 2.55. The summed E-state index contributed by atoms with van der Waals surface area (Å²) in [5, 5.41) is 1.38. The van der Waals surface area contributed by atoms with Crippen molar-refractivity contribution in [1.29, 1.82) is 0 Å². The average molecular weight is 172 g/mol. The highest BCUT2D eigenvalue weighted by Gasteiger charge is 2.33. The first-order valence-electron chi connectivity index (χ1n) is 4.31. The molecule has 1 aliphatic rings. The van der Waals surface area contributed by atoms with Gasteiger partial charge in [0.05, 0.1) is 18.7 Å². The van der Waals surface area contributed by atoms with Crippen molar-refractivity contribution in [2.75, 3.05) is 13.2 Å². The van der Waals surface area contributed by atoms with Crippen LogP contribution in [0.25, 0.3) is 0 Å². The zero-order valence-corrected chi connectivity index (χ0v) is 7.67. The maximum absolute atomic E-state index is 11.6. The molecule has 12 heavy (non-hydrogen) atoms. The molecule has 0 radical (unpaired) electrons. The van der Waals surface area contributed by atoms with E-state index in [9.17, 15) is 4.79 Å². The minimum absolute atomic E-state index is 0.109. The van der Waals surface area contributed by atoms with Gasteiger partial charge in [0.1, 0.15) is 0 Å². The molecule has 1 amide bonds. The second-order valence-corrected chi connectivity index (χ2v) is 3.37. The highest BCUT2D eigenvalue weighted by molar-refractivity contribution is 5.84. The summed E-state index contributed by atoms with van der Waals surface area (Å²) in [6.07, 6.45) is 1.54. The van der Waals surface area contributed by atoms with E-state index in [1.165, 1.54) is 5.06 Å². The van der Waals surface area contributed by atoms with Gasteiger partial charge in [-0.05, 0) is 19.8 Å². The van der Waals surface area contributed by atoms with Crippen molar-refractivity contribution in [3.05, 3.63) is 0 Å². The van der Waals surface area contributed by atoms with Crippen molar-refractivity contribution in [2.24, 2.45) is 5.73 Å². The normalized spacial score (nSPS) is 22.4. The van der Waals surface area contributed by atoms with Gasteiger partial charge in [-0.15, -0.1) is 0 Å². The number of carbonyl (C=O) groups excluding carboxylic acids is 1. The van der Waals surface area contributed by atoms with Crippen molar-refractivity contribution in [3.63, 3.8) is 0 Å². The predicted molar refractivity (Wildman–Crippen MR) is 45.2 cm³/mol. The second kappa shape index (κ2) is 3.41. The van der Waals surface area contributed by atoms with E-state index in [4.69, 9.17) is 10.6 Å². The third-order valence-electron chi connectivity index (χ3n) is 2.20. The molecule has 2 N–H and O–H groups in total. The van der Waals surface area contributed by atoms with Gasteiger partial charge >= 0.3 is 0 Å². The van der Waals surface area contributed by atoms with Crippen LogP contribution < -0.4 is 5.73 Å². The van der Waals surface area contributed by atoms with Crippen molar-refractivity contribution in [1.82, 2.24) is 5.06 Å². The standard InChI is InChI=1S/C8H16N2O2/c1-3-8(2,9)7(11)10-5-4-6-12-10/h3-6,9H2,1-2H3. The Morgan fingerprint density at radius 2 is 2.42 bits per heavy atom. The zero-order chi connectivity index (χ0) is 9.19. The number of hydrogen-bond acceptors (Lipinski definition) is 3. The second-order valence-electron chi connectivity index (χ2n) is 3.37. The molecule has 4 heteroatoms. The number of rotatable bonds is 2. The van der Waals surface area contributed by atoms with Crippen LogP contribution in [0.5, 0.6) is 0 Å². The Labute approximate surface area is 72.6 Å². The summed E-state index contributed by atoms with van der Waals surface area (Å²) in [5.74, 6) is -0.109. The Morgan fingerprint density at radius 1 is 1.75 bits per heavy atom. The Bertz CT molecular complexity index is 174. The Hall–Kier alpha value is -0.610. The van der Waals surface area contributed by atoms with Crippen LogP contribution in [0.3, 0.4) is 0 Å². The monoisotopic (exact) mass is 172 g/mol. The van der Waals surface area contributed by atoms with Crippen molar-refractivity contribution >= 4 is 5.91 Å². The Morgan fingerprint density at radius 3 is 2.83 bits per heavy atom. The minimum atomic E-state index is -0.773. The van der Waals surface area contributed by atoms with Crippen LogP contribution in [0, 0.1) is 0 Å². The van der Waals surface area contributed by atoms with Gasteiger partial charge in [0.15, 0.2) is 0 Å². The molecule has 0 aliphatic carbocycles. The van der Waals surface area contributed by atoms with E-state index in [0.29, 0.717) is 19.6 Å². The summed E-state index contributed by atoms with van der Waals surface area (Å²) in [4.78, 5) is 16.7. The first-order chi connectivity index (χ1) is 5.58. The lowest BCUT2D eigenvalue weighted by atomic mass is 9.99. The van der Waals surface area contributed by atoms with Gasteiger partial charge < -0.3 is 5.73 Å². The van der Waals surface area contributed by atoms with E-state index in [-0.39, 0.29) is 5.91 Å². The molecule has 1 rings (SSSR count). The van der Waals surface area contributed by atoms with Crippen LogP contribution >= 0.6 is 0 Å². The smallest absolute Gasteiger partial charge is 0.265 e. The largest absolute Gasteiger partial charge is 0.318 e. The molecule has 0 aromatic rings. The lowest BCUT2D eigenvalue weighted by molar-refractivity contribution is -0.174. The number of carbonyl (C=O) groups is 1. The summed E-state index contributed by atoms with van der Waals surface area (Å²) in [5.41, 5.74) is 4.99. The van der Waals surface area contributed by atoms with Gasteiger partial charge in [-0.25, -0.2) is 5.06 Å². The van der Waals surface area contributed by atoms with Gasteiger partial charge in [0, 0.05) is 0 Å². The molecule has 70 valence electrons. The third kappa shape index (κ3) is 1.76. The summed E-state index contributed by atoms with van der Waals surface area (Å²) in [6, 6.07) is 0. The fraction of sp³-hybridized carbons (Fsp3) is 0.875. The first-order valence-corrected chi connectivity index (χ1v) is 4.31. The van der Waals surface area contributed by atoms with Crippen molar-refractivity contribution < 1.29 is 9.63 Å². The molecule has 1 aliphatic heterocycles. The predicted octanol–water partition coefficient (Wildman–Crippen LogP) is 0.278. The van der Waals surface area contributed by atoms with Gasteiger partial charge in [-0.1, -0.05) is 6.92 Å². The number of hydroxylamine groups is 2. The van der Waals surface area contributed by atoms with E-state index in [1.807, 2.05) is 6.92 Å². The van der Waals surface area contributed by atoms with E-state index in [1.54, 1.807) is 6.92 Å². The lowest BCUT2D eigenvalue weighted by Crippen LogP contribution is -2.51. The third-order valence-corrected chi connectivity index (χ3v) is 2.20. The quantitative estimate of drug-likeness (QED) is 0.650. The fourth-order valence-electron chi connectivity index (χ4n) is 1.04. The fourth-order valence-corrected chi connectivity index (χ4v) is 1.04. The van der Waals surface area contributed by atoms with E-state index in [2.05, 4.69) is 0 Å². The molecular formula is C8H16N2O2. The van der Waals surface area contributed by atoms with E-state index < -0.39 is 5.54 Å². The number of nitrogens with two attached hydrogens (primary N) is 1. The van der Waals surface area contributed by atoms with Crippen LogP contribution in [0.2, 0.25) is 0 Å². The molecule has 0 saturated carbocycles. The summed E-state index contributed by atoms with van der Waals surface area (Å²) >= 11 is 0. The molecule has 1 heterocycles. The molecule has 1 fully saturated rings. The molecule has 1 atom stereocenters. The highest BCUT2D eigenvalue weighted by Crippen LogP contribution is 2.14. The minimum Gasteiger partial charge on any atom is -0.318 e. The van der Waals surface area contributed by atoms with Gasteiger partial charge in [-0.2, -0.15) is 0 Å². The van der Waals surface area contributed by atoms with Crippen LogP contribution in [-0.2, 0) is 9.63 Å². The highest BCUT2D eigenvalue weighted by atomic mass is 16.7. The first kappa shape index (κ1) is 9.48. The Kier molecular flexibility index (Phi) is 2.69. The van der Waals surface area contributed by atoms with E-state index >= 15 is 0 Å². The van der Waals surface area contributed by atoms with Crippen LogP contribution in [0.15, 0.2) is 0 Å². The number of amides is 1. The van der Waals surface area contributed by atoms with Crippen LogP contribution in [0.1, 0.15) is 26.7 Å². The molecule has 1 saturated heterocycles. The van der Waals surface area contributed by atoms with Gasteiger partial charge in [0.2, 0.25) is 0 Å².